The summed E-state index contributed by atoms with van der Waals surface area (Å²) in [5.74, 6) is 0.433. The van der Waals surface area contributed by atoms with E-state index in [2.05, 4.69) is 5.32 Å². The maximum atomic E-state index is 12.6. The fourth-order valence-corrected chi connectivity index (χ4v) is 3.44. The van der Waals surface area contributed by atoms with Crippen LogP contribution in [0.15, 0.2) is 72.8 Å². The lowest BCUT2D eigenvalue weighted by Crippen LogP contribution is -2.31. The van der Waals surface area contributed by atoms with Gasteiger partial charge in [0, 0.05) is 0 Å². The highest BCUT2D eigenvalue weighted by atomic mass is 16.6. The van der Waals surface area contributed by atoms with Crippen molar-refractivity contribution in [1.29, 1.82) is 0 Å². The zero-order chi connectivity index (χ0) is 21.6. The van der Waals surface area contributed by atoms with Crippen molar-refractivity contribution in [3.05, 3.63) is 83.9 Å². The van der Waals surface area contributed by atoms with Crippen molar-refractivity contribution in [2.45, 2.75) is 13.0 Å². The van der Waals surface area contributed by atoms with Gasteiger partial charge < -0.3 is 19.5 Å². The van der Waals surface area contributed by atoms with E-state index in [0.29, 0.717) is 30.3 Å². The van der Waals surface area contributed by atoms with Crippen molar-refractivity contribution in [3.63, 3.8) is 0 Å². The largest absolute Gasteiger partial charge is 0.486 e. The summed E-state index contributed by atoms with van der Waals surface area (Å²) in [6.07, 6.45) is 0. The topological polar surface area (TPSA) is 73.9 Å². The van der Waals surface area contributed by atoms with E-state index >= 15 is 0 Å². The number of carbonyl (C=O) groups is 2. The Bertz CT molecular complexity index is 1080. The summed E-state index contributed by atoms with van der Waals surface area (Å²) in [5, 5.41) is 2.84. The molecule has 1 amide bonds. The Morgan fingerprint density at radius 3 is 2.45 bits per heavy atom. The Balaban J connectivity index is 1.37. The fourth-order valence-electron chi connectivity index (χ4n) is 3.44. The van der Waals surface area contributed by atoms with Crippen LogP contribution in [0.5, 0.6) is 11.5 Å². The van der Waals surface area contributed by atoms with E-state index in [1.165, 1.54) is 0 Å². The predicted molar refractivity (Wildman–Crippen MR) is 116 cm³/mol. The minimum absolute atomic E-state index is 0.279. The second-order valence-corrected chi connectivity index (χ2v) is 7.18. The van der Waals surface area contributed by atoms with Gasteiger partial charge in [0.1, 0.15) is 13.2 Å². The quantitative estimate of drug-likeness (QED) is 0.610. The molecule has 1 aliphatic rings. The van der Waals surface area contributed by atoms with E-state index in [1.54, 1.807) is 12.1 Å². The van der Waals surface area contributed by atoms with Crippen LogP contribution in [0.2, 0.25) is 0 Å². The fraction of sp³-hybridized carbons (Fsp3) is 0.200. The molecule has 1 aliphatic heterocycles. The molecule has 1 atom stereocenters. The molecule has 1 heterocycles. The van der Waals surface area contributed by atoms with Crippen LogP contribution in [-0.4, -0.2) is 31.7 Å². The van der Waals surface area contributed by atoms with Crippen molar-refractivity contribution in [1.82, 2.24) is 5.32 Å². The van der Waals surface area contributed by atoms with Gasteiger partial charge in [-0.05, 0) is 41.8 Å². The average molecular weight is 417 g/mol. The lowest BCUT2D eigenvalue weighted by molar-refractivity contribution is -0.124. The minimum Gasteiger partial charge on any atom is -0.486 e. The summed E-state index contributed by atoms with van der Waals surface area (Å²) in [6, 6.07) is 22.0. The highest BCUT2D eigenvalue weighted by Gasteiger charge is 2.18. The molecular formula is C25H23NO5. The SMILES string of the molecule is C[C@H](NC(=O)COC(=O)c1ccccc1-c1ccccc1)c1ccc2c(c1)OCCO2. The number of amides is 1. The maximum absolute atomic E-state index is 12.6. The summed E-state index contributed by atoms with van der Waals surface area (Å²) in [7, 11) is 0. The molecule has 0 saturated carbocycles. The Hall–Kier alpha value is -3.80. The summed E-state index contributed by atoms with van der Waals surface area (Å²) < 4.78 is 16.4. The van der Waals surface area contributed by atoms with Gasteiger partial charge in [0.05, 0.1) is 11.6 Å². The first kappa shape index (κ1) is 20.5. The average Bonchev–Trinajstić information content (AvgIpc) is 2.82. The number of hydrogen-bond donors (Lipinski definition) is 1. The van der Waals surface area contributed by atoms with Gasteiger partial charge in [-0.25, -0.2) is 4.79 Å². The summed E-state index contributed by atoms with van der Waals surface area (Å²) in [5.41, 5.74) is 2.96. The van der Waals surface area contributed by atoms with Crippen LogP contribution < -0.4 is 14.8 Å². The second-order valence-electron chi connectivity index (χ2n) is 7.18. The molecule has 0 fully saturated rings. The molecule has 3 aromatic carbocycles. The van der Waals surface area contributed by atoms with Crippen LogP contribution >= 0.6 is 0 Å². The van der Waals surface area contributed by atoms with Gasteiger partial charge in [-0.2, -0.15) is 0 Å². The number of nitrogens with one attached hydrogen (secondary N) is 1. The smallest absolute Gasteiger partial charge is 0.339 e. The number of rotatable bonds is 6. The zero-order valence-electron chi connectivity index (χ0n) is 17.2. The number of fused-ring (bicyclic) bond motifs is 1. The van der Waals surface area contributed by atoms with Crippen molar-refractivity contribution < 1.29 is 23.8 Å². The normalized spacial score (nSPS) is 13.2. The van der Waals surface area contributed by atoms with E-state index in [9.17, 15) is 9.59 Å². The van der Waals surface area contributed by atoms with Gasteiger partial charge in [0.2, 0.25) is 0 Å². The summed E-state index contributed by atoms with van der Waals surface area (Å²) >= 11 is 0. The van der Waals surface area contributed by atoms with Crippen molar-refractivity contribution in [2.75, 3.05) is 19.8 Å². The van der Waals surface area contributed by atoms with Crippen LogP contribution in [0, 0.1) is 0 Å². The molecule has 0 aromatic heterocycles. The third-order valence-corrected chi connectivity index (χ3v) is 5.01. The first-order chi connectivity index (χ1) is 15.1. The zero-order valence-corrected chi connectivity index (χ0v) is 17.2. The first-order valence-electron chi connectivity index (χ1n) is 10.1. The van der Waals surface area contributed by atoms with E-state index in [1.807, 2.05) is 67.6 Å². The molecule has 0 spiro atoms. The lowest BCUT2D eigenvalue weighted by Gasteiger charge is -2.21. The van der Waals surface area contributed by atoms with Gasteiger partial charge in [-0.1, -0.05) is 54.6 Å². The van der Waals surface area contributed by atoms with Crippen LogP contribution in [0.25, 0.3) is 11.1 Å². The molecule has 31 heavy (non-hydrogen) atoms. The molecule has 158 valence electrons. The number of benzene rings is 3. The van der Waals surface area contributed by atoms with Gasteiger partial charge in [0.15, 0.2) is 18.1 Å². The van der Waals surface area contributed by atoms with E-state index < -0.39 is 5.97 Å². The van der Waals surface area contributed by atoms with Crippen molar-refractivity contribution >= 4 is 11.9 Å². The Labute approximate surface area is 180 Å². The van der Waals surface area contributed by atoms with Crippen LogP contribution in [0.1, 0.15) is 28.9 Å². The monoisotopic (exact) mass is 417 g/mol. The molecule has 0 aliphatic carbocycles. The molecule has 0 radical (unpaired) electrons. The van der Waals surface area contributed by atoms with Crippen LogP contribution in [0.3, 0.4) is 0 Å². The van der Waals surface area contributed by atoms with Gasteiger partial charge in [0.25, 0.3) is 5.91 Å². The molecule has 6 heteroatoms. The van der Waals surface area contributed by atoms with Crippen molar-refractivity contribution in [2.24, 2.45) is 0 Å². The number of esters is 1. The van der Waals surface area contributed by atoms with Crippen molar-refractivity contribution in [3.8, 4) is 22.6 Å². The first-order valence-corrected chi connectivity index (χ1v) is 10.1. The molecule has 4 rings (SSSR count). The third kappa shape index (κ3) is 4.86. The highest BCUT2D eigenvalue weighted by Crippen LogP contribution is 2.32. The summed E-state index contributed by atoms with van der Waals surface area (Å²) in [4.78, 5) is 25.0. The second kappa shape index (κ2) is 9.34. The molecule has 1 N–H and O–H groups in total. The molecule has 0 saturated heterocycles. The summed E-state index contributed by atoms with van der Waals surface area (Å²) in [6.45, 7) is 2.52. The van der Waals surface area contributed by atoms with E-state index in [4.69, 9.17) is 14.2 Å². The van der Waals surface area contributed by atoms with Gasteiger partial charge in [-0.15, -0.1) is 0 Å². The van der Waals surface area contributed by atoms with E-state index in [-0.39, 0.29) is 18.6 Å². The van der Waals surface area contributed by atoms with Gasteiger partial charge in [-0.3, -0.25) is 4.79 Å². The maximum Gasteiger partial charge on any atom is 0.339 e. The molecule has 0 bridgehead atoms. The molecule has 6 nitrogen and oxygen atoms in total. The number of ether oxygens (including phenoxy) is 3. The third-order valence-electron chi connectivity index (χ3n) is 5.01. The molecule has 3 aromatic rings. The standard InChI is InChI=1S/C25H23NO5/c1-17(19-11-12-22-23(15-19)30-14-13-29-22)26-24(27)16-31-25(28)21-10-6-5-9-20(21)18-7-3-2-4-8-18/h2-12,15,17H,13-14,16H2,1H3,(H,26,27)/t17-/m0/s1. The van der Waals surface area contributed by atoms with Gasteiger partial charge >= 0.3 is 5.97 Å². The lowest BCUT2D eigenvalue weighted by atomic mass is 10.00. The van der Waals surface area contributed by atoms with Crippen LogP contribution in [-0.2, 0) is 9.53 Å². The highest BCUT2D eigenvalue weighted by molar-refractivity contribution is 5.98. The minimum atomic E-state index is -0.540. The Kier molecular flexibility index (Phi) is 6.17. The number of hydrogen-bond acceptors (Lipinski definition) is 5. The number of carbonyl (C=O) groups excluding carboxylic acids is 2. The molecule has 0 unspecified atom stereocenters. The Morgan fingerprint density at radius 1 is 0.935 bits per heavy atom. The Morgan fingerprint density at radius 2 is 1.65 bits per heavy atom. The molecular weight excluding hydrogens is 394 g/mol. The van der Waals surface area contributed by atoms with E-state index in [0.717, 1.165) is 16.7 Å². The van der Waals surface area contributed by atoms with Crippen LogP contribution in [0.4, 0.5) is 0 Å². The predicted octanol–water partition coefficient (Wildman–Crippen LogP) is 4.16.